The predicted molar refractivity (Wildman–Crippen MR) is 79.1 cm³/mol. The first-order valence-electron chi connectivity index (χ1n) is 8.76. The number of carboxylic acid groups (broad SMARTS) is 1. The van der Waals surface area contributed by atoms with E-state index in [1.807, 2.05) is 0 Å². The van der Waals surface area contributed by atoms with Crippen molar-refractivity contribution < 1.29 is 19.4 Å². The Bertz CT molecular complexity index is 487. The maximum Gasteiger partial charge on any atom is 0.306 e. The zero-order chi connectivity index (χ0) is 15.3. The van der Waals surface area contributed by atoms with Crippen LogP contribution in [0.2, 0.25) is 0 Å². The third-order valence-corrected chi connectivity index (χ3v) is 6.73. The van der Waals surface area contributed by atoms with Crippen molar-refractivity contribution in [3.05, 3.63) is 0 Å². The minimum Gasteiger partial charge on any atom is -0.481 e. The van der Waals surface area contributed by atoms with Gasteiger partial charge in [-0.25, -0.2) is 0 Å². The second kappa shape index (κ2) is 5.22. The maximum absolute atomic E-state index is 12.6. The first kappa shape index (κ1) is 14.5. The highest BCUT2D eigenvalue weighted by atomic mass is 16.5. The molecule has 1 spiro atoms. The second-order valence-corrected chi connectivity index (χ2v) is 7.72. The molecule has 0 aromatic heterocycles. The van der Waals surface area contributed by atoms with Gasteiger partial charge in [-0.3, -0.25) is 9.59 Å². The summed E-state index contributed by atoms with van der Waals surface area (Å²) in [4.78, 5) is 23.8. The summed E-state index contributed by atoms with van der Waals surface area (Å²) >= 11 is 0. The highest BCUT2D eigenvalue weighted by Gasteiger charge is 2.67. The number of rotatable bonds is 3. The molecule has 2 N–H and O–H groups in total. The van der Waals surface area contributed by atoms with Gasteiger partial charge in [-0.1, -0.05) is 12.8 Å². The monoisotopic (exact) mass is 307 g/mol. The van der Waals surface area contributed by atoms with E-state index in [9.17, 15) is 14.7 Å². The fourth-order valence-corrected chi connectivity index (χ4v) is 5.38. The SMILES string of the molecule is O=C(O)C1CCCC(C(=O)NC2C3CCOC3C23CCC3)C1. The molecule has 0 bridgehead atoms. The predicted octanol–water partition coefficient (Wildman–Crippen LogP) is 1.95. The van der Waals surface area contributed by atoms with E-state index >= 15 is 0 Å². The lowest BCUT2D eigenvalue weighted by atomic mass is 9.46. The third-order valence-electron chi connectivity index (χ3n) is 6.73. The van der Waals surface area contributed by atoms with Crippen molar-refractivity contribution in [3.8, 4) is 0 Å². The van der Waals surface area contributed by atoms with E-state index in [2.05, 4.69) is 5.32 Å². The molecule has 5 unspecified atom stereocenters. The van der Waals surface area contributed by atoms with Gasteiger partial charge in [0, 0.05) is 29.9 Å². The number of hydrogen-bond acceptors (Lipinski definition) is 3. The molecule has 0 aromatic carbocycles. The van der Waals surface area contributed by atoms with Gasteiger partial charge in [0.2, 0.25) is 5.91 Å². The van der Waals surface area contributed by atoms with E-state index in [-0.39, 0.29) is 29.2 Å². The van der Waals surface area contributed by atoms with Crippen LogP contribution in [0.4, 0.5) is 0 Å². The quantitative estimate of drug-likeness (QED) is 0.835. The zero-order valence-corrected chi connectivity index (χ0v) is 12.9. The summed E-state index contributed by atoms with van der Waals surface area (Å²) < 4.78 is 5.89. The Balaban J connectivity index is 1.40. The molecule has 1 heterocycles. The topological polar surface area (TPSA) is 75.6 Å². The summed E-state index contributed by atoms with van der Waals surface area (Å²) in [7, 11) is 0. The van der Waals surface area contributed by atoms with Crippen LogP contribution in [0, 0.1) is 23.2 Å². The Kier molecular flexibility index (Phi) is 3.44. The van der Waals surface area contributed by atoms with Crippen LogP contribution in [0.25, 0.3) is 0 Å². The zero-order valence-electron chi connectivity index (χ0n) is 12.9. The molecule has 4 rings (SSSR count). The largest absolute Gasteiger partial charge is 0.481 e. The number of carboxylic acids is 1. The van der Waals surface area contributed by atoms with Gasteiger partial charge in [-0.2, -0.15) is 0 Å². The van der Waals surface area contributed by atoms with Crippen molar-refractivity contribution in [1.29, 1.82) is 0 Å². The van der Waals surface area contributed by atoms with Crippen LogP contribution in [-0.4, -0.2) is 35.7 Å². The molecule has 1 aliphatic heterocycles. The number of ether oxygens (including phenoxy) is 1. The van der Waals surface area contributed by atoms with E-state index in [1.54, 1.807) is 0 Å². The number of amides is 1. The average molecular weight is 307 g/mol. The van der Waals surface area contributed by atoms with Gasteiger partial charge in [-0.15, -0.1) is 0 Å². The molecule has 1 amide bonds. The Labute approximate surface area is 130 Å². The molecule has 0 radical (unpaired) electrons. The molecule has 22 heavy (non-hydrogen) atoms. The highest BCUT2D eigenvalue weighted by molar-refractivity contribution is 5.80. The lowest BCUT2D eigenvalue weighted by Crippen LogP contribution is -2.72. The van der Waals surface area contributed by atoms with E-state index in [0.29, 0.717) is 24.9 Å². The number of nitrogens with one attached hydrogen (secondary N) is 1. The molecule has 5 atom stereocenters. The Morgan fingerprint density at radius 3 is 2.55 bits per heavy atom. The number of aliphatic carboxylic acids is 1. The van der Waals surface area contributed by atoms with Crippen molar-refractivity contribution in [2.45, 2.75) is 63.5 Å². The molecule has 1 saturated heterocycles. The van der Waals surface area contributed by atoms with Crippen LogP contribution in [-0.2, 0) is 14.3 Å². The van der Waals surface area contributed by atoms with Crippen molar-refractivity contribution in [2.24, 2.45) is 23.2 Å². The number of carbonyl (C=O) groups is 2. The summed E-state index contributed by atoms with van der Waals surface area (Å²) in [5, 5.41) is 12.5. The number of hydrogen-bond donors (Lipinski definition) is 2. The van der Waals surface area contributed by atoms with Gasteiger partial charge in [0.05, 0.1) is 12.0 Å². The van der Waals surface area contributed by atoms with Gasteiger partial charge in [0.1, 0.15) is 0 Å². The van der Waals surface area contributed by atoms with Crippen molar-refractivity contribution >= 4 is 11.9 Å². The molecule has 5 heteroatoms. The molecule has 3 aliphatic carbocycles. The summed E-state index contributed by atoms with van der Waals surface area (Å²) in [5.41, 5.74) is 0.206. The lowest BCUT2D eigenvalue weighted by molar-refractivity contribution is -0.180. The molecular weight excluding hydrogens is 282 g/mol. The van der Waals surface area contributed by atoms with Crippen molar-refractivity contribution in [1.82, 2.24) is 5.32 Å². The summed E-state index contributed by atoms with van der Waals surface area (Å²) in [6.45, 7) is 0.827. The molecular formula is C17H25NO4. The normalized spacial score (nSPS) is 42.1. The van der Waals surface area contributed by atoms with Gasteiger partial charge >= 0.3 is 5.97 Å². The van der Waals surface area contributed by atoms with Crippen molar-refractivity contribution in [3.63, 3.8) is 0 Å². The van der Waals surface area contributed by atoms with E-state index in [4.69, 9.17) is 4.74 Å². The lowest BCUT2D eigenvalue weighted by Gasteiger charge is -2.63. The van der Waals surface area contributed by atoms with Crippen LogP contribution in [0.3, 0.4) is 0 Å². The summed E-state index contributed by atoms with van der Waals surface area (Å²) in [6.07, 6.45) is 7.90. The van der Waals surface area contributed by atoms with Crippen LogP contribution in [0.15, 0.2) is 0 Å². The first-order valence-corrected chi connectivity index (χ1v) is 8.76. The van der Waals surface area contributed by atoms with E-state index in [0.717, 1.165) is 25.9 Å². The van der Waals surface area contributed by atoms with Crippen LogP contribution < -0.4 is 5.32 Å². The molecule has 122 valence electrons. The Morgan fingerprint density at radius 2 is 1.86 bits per heavy atom. The molecule has 0 aromatic rings. The van der Waals surface area contributed by atoms with Crippen LogP contribution in [0.5, 0.6) is 0 Å². The fourth-order valence-electron chi connectivity index (χ4n) is 5.38. The second-order valence-electron chi connectivity index (χ2n) is 7.72. The number of fused-ring (bicyclic) bond motifs is 2. The van der Waals surface area contributed by atoms with Gasteiger partial charge in [0.25, 0.3) is 0 Å². The fraction of sp³-hybridized carbons (Fsp3) is 0.882. The minimum atomic E-state index is -0.749. The van der Waals surface area contributed by atoms with Gasteiger partial charge in [-0.05, 0) is 38.5 Å². The first-order chi connectivity index (χ1) is 10.6. The third kappa shape index (κ3) is 2.01. The maximum atomic E-state index is 12.6. The Hall–Kier alpha value is -1.10. The van der Waals surface area contributed by atoms with Gasteiger partial charge in [0.15, 0.2) is 0 Å². The van der Waals surface area contributed by atoms with Crippen molar-refractivity contribution in [2.75, 3.05) is 6.61 Å². The highest BCUT2D eigenvalue weighted by Crippen LogP contribution is 2.62. The van der Waals surface area contributed by atoms with E-state index in [1.165, 1.54) is 19.3 Å². The molecule has 3 saturated carbocycles. The van der Waals surface area contributed by atoms with Gasteiger partial charge < -0.3 is 15.2 Å². The Morgan fingerprint density at radius 1 is 1.09 bits per heavy atom. The van der Waals surface area contributed by atoms with Crippen LogP contribution in [0.1, 0.15) is 51.4 Å². The minimum absolute atomic E-state index is 0.0903. The number of carbonyl (C=O) groups excluding carboxylic acids is 1. The summed E-state index contributed by atoms with van der Waals surface area (Å²) in [6, 6.07) is 0.270. The molecule has 4 fully saturated rings. The van der Waals surface area contributed by atoms with Crippen LogP contribution >= 0.6 is 0 Å². The smallest absolute Gasteiger partial charge is 0.306 e. The molecule has 5 nitrogen and oxygen atoms in total. The average Bonchev–Trinajstić information content (AvgIpc) is 2.88. The summed E-state index contributed by atoms with van der Waals surface area (Å²) in [5.74, 6) is -0.629. The molecule has 4 aliphatic rings. The standard InChI is InChI=1S/C17H25NO4/c19-15(10-3-1-4-11(9-10)16(20)21)18-13-12-5-8-22-14(12)17(13)6-2-7-17/h10-14H,1-9H2,(H,18,19)(H,20,21). The van der Waals surface area contributed by atoms with E-state index < -0.39 is 5.97 Å².